The normalized spacial score (nSPS) is 14.9. The maximum Gasteiger partial charge on any atom is 0.324 e. The van der Waals surface area contributed by atoms with Crippen molar-refractivity contribution in [2.24, 2.45) is 5.92 Å². The number of halogens is 1. The molecule has 0 radical (unpaired) electrons. The third kappa shape index (κ3) is 7.63. The number of alkyl halides is 1. The predicted molar refractivity (Wildman–Crippen MR) is 61.4 cm³/mol. The third-order valence-electron chi connectivity index (χ3n) is 2.43. The van der Waals surface area contributed by atoms with Crippen molar-refractivity contribution in [3.8, 4) is 0 Å². The zero-order chi connectivity index (χ0) is 11.7. The number of carboxylic acid groups (broad SMARTS) is 1. The first kappa shape index (κ1) is 14.7. The molecule has 0 saturated carbocycles. The first-order valence-corrected chi connectivity index (χ1v) is 6.00. The van der Waals surface area contributed by atoms with E-state index in [4.69, 9.17) is 21.4 Å². The Labute approximate surface area is 96.8 Å². The van der Waals surface area contributed by atoms with Crippen LogP contribution in [0.25, 0.3) is 0 Å². The second kappa shape index (κ2) is 8.98. The molecule has 2 atom stereocenters. The molecule has 0 aliphatic heterocycles. The molecule has 3 nitrogen and oxygen atoms in total. The molecular weight excluding hydrogens is 216 g/mol. The van der Waals surface area contributed by atoms with Crippen molar-refractivity contribution >= 4 is 17.6 Å². The molecule has 0 aliphatic carbocycles. The molecule has 2 unspecified atom stereocenters. The van der Waals surface area contributed by atoms with Crippen molar-refractivity contribution in [3.63, 3.8) is 0 Å². The Morgan fingerprint density at radius 3 is 2.53 bits per heavy atom. The summed E-state index contributed by atoms with van der Waals surface area (Å²) in [5, 5.41) is 7.61. The Bertz CT molecular complexity index is 173. The van der Waals surface area contributed by atoms with Crippen molar-refractivity contribution in [2.45, 2.75) is 44.9 Å². The van der Waals surface area contributed by atoms with Crippen molar-refractivity contribution in [1.82, 2.24) is 0 Å². The van der Waals surface area contributed by atoms with Gasteiger partial charge >= 0.3 is 5.97 Å². The minimum atomic E-state index is -1.02. The molecule has 0 fully saturated rings. The average Bonchev–Trinajstić information content (AvgIpc) is 2.22. The second-order valence-electron chi connectivity index (χ2n) is 3.76. The quantitative estimate of drug-likeness (QED) is 0.626. The van der Waals surface area contributed by atoms with Crippen molar-refractivity contribution in [1.29, 1.82) is 0 Å². The molecule has 1 N–H and O–H groups in total. The minimum Gasteiger partial charge on any atom is -0.480 e. The Morgan fingerprint density at radius 2 is 2.07 bits per heavy atom. The lowest BCUT2D eigenvalue weighted by molar-refractivity contribution is -0.137. The van der Waals surface area contributed by atoms with Gasteiger partial charge in [0.2, 0.25) is 0 Å². The Kier molecular flexibility index (Phi) is 8.82. The van der Waals surface area contributed by atoms with Crippen LogP contribution < -0.4 is 0 Å². The van der Waals surface area contributed by atoms with Gasteiger partial charge in [-0.05, 0) is 12.3 Å². The van der Waals surface area contributed by atoms with E-state index >= 15 is 0 Å². The number of unbranched alkanes of at least 4 members (excludes halogenated alkanes) is 1. The zero-order valence-electron chi connectivity index (χ0n) is 9.54. The molecule has 0 rings (SSSR count). The number of hydrogen-bond donors (Lipinski definition) is 1. The van der Waals surface area contributed by atoms with Gasteiger partial charge in [0, 0.05) is 6.61 Å². The number of aliphatic carboxylic acids is 1. The van der Waals surface area contributed by atoms with Gasteiger partial charge in [0.15, 0.2) is 5.38 Å². The smallest absolute Gasteiger partial charge is 0.324 e. The predicted octanol–water partition coefficient (Wildman–Crippen LogP) is 2.91. The van der Waals surface area contributed by atoms with E-state index in [0.717, 1.165) is 12.8 Å². The molecule has 0 aromatic rings. The first-order valence-electron chi connectivity index (χ1n) is 5.56. The lowest BCUT2D eigenvalue weighted by Gasteiger charge is -2.15. The highest BCUT2D eigenvalue weighted by atomic mass is 35.5. The van der Waals surface area contributed by atoms with Crippen molar-refractivity contribution < 1.29 is 14.6 Å². The van der Waals surface area contributed by atoms with Crippen LogP contribution in [0.5, 0.6) is 0 Å². The number of rotatable bonds is 9. The Morgan fingerprint density at radius 1 is 1.40 bits per heavy atom. The van der Waals surface area contributed by atoms with Gasteiger partial charge in [-0.2, -0.15) is 0 Å². The van der Waals surface area contributed by atoms with Crippen LogP contribution in [-0.2, 0) is 9.53 Å². The van der Waals surface area contributed by atoms with Crippen molar-refractivity contribution in [2.75, 3.05) is 13.2 Å². The van der Waals surface area contributed by atoms with Gasteiger partial charge in [0.1, 0.15) is 0 Å². The van der Waals surface area contributed by atoms with Crippen LogP contribution in [0.4, 0.5) is 0 Å². The molecule has 0 aromatic heterocycles. The molecule has 90 valence electrons. The highest BCUT2D eigenvalue weighted by Gasteiger charge is 2.14. The Hall–Kier alpha value is -0.280. The van der Waals surface area contributed by atoms with Gasteiger partial charge in [-0.1, -0.05) is 33.1 Å². The van der Waals surface area contributed by atoms with Gasteiger partial charge in [0.05, 0.1) is 6.61 Å². The molecule has 0 aliphatic rings. The topological polar surface area (TPSA) is 46.5 Å². The van der Waals surface area contributed by atoms with Crippen LogP contribution >= 0.6 is 11.6 Å². The van der Waals surface area contributed by atoms with Gasteiger partial charge in [-0.3, -0.25) is 4.79 Å². The zero-order valence-corrected chi connectivity index (χ0v) is 10.3. The van der Waals surface area contributed by atoms with E-state index in [2.05, 4.69) is 13.8 Å². The molecule has 15 heavy (non-hydrogen) atoms. The van der Waals surface area contributed by atoms with Crippen LogP contribution in [-0.4, -0.2) is 29.7 Å². The molecule has 0 amide bonds. The number of ether oxygens (including phenoxy) is 1. The summed E-state index contributed by atoms with van der Waals surface area (Å²) in [6.45, 7) is 5.00. The summed E-state index contributed by atoms with van der Waals surface area (Å²) in [6, 6.07) is 0. The van der Waals surface area contributed by atoms with Crippen LogP contribution in [0.3, 0.4) is 0 Å². The Balaban J connectivity index is 3.57. The largest absolute Gasteiger partial charge is 0.480 e. The number of carbonyl (C=O) groups is 1. The van der Waals surface area contributed by atoms with Gasteiger partial charge < -0.3 is 9.84 Å². The van der Waals surface area contributed by atoms with E-state index in [9.17, 15) is 4.79 Å². The summed E-state index contributed by atoms with van der Waals surface area (Å²) in [4.78, 5) is 10.4. The molecule has 4 heteroatoms. The lowest BCUT2D eigenvalue weighted by Crippen LogP contribution is -2.21. The molecule has 0 saturated heterocycles. The SMILES string of the molecule is CCCCC(CC)COCC(Cl)C(=O)O. The third-order valence-corrected chi connectivity index (χ3v) is 2.74. The van der Waals surface area contributed by atoms with Gasteiger partial charge in [0.25, 0.3) is 0 Å². The highest BCUT2D eigenvalue weighted by molar-refractivity contribution is 6.29. The fourth-order valence-corrected chi connectivity index (χ4v) is 1.40. The van der Waals surface area contributed by atoms with Crippen LogP contribution in [0.2, 0.25) is 0 Å². The van der Waals surface area contributed by atoms with Gasteiger partial charge in [-0.25, -0.2) is 0 Å². The summed E-state index contributed by atoms with van der Waals surface area (Å²) < 4.78 is 5.29. The number of carboxylic acids is 1. The standard InChI is InChI=1S/C11H21ClO3/c1-3-5-6-9(4-2)7-15-8-10(12)11(13)14/h9-10H,3-8H2,1-2H3,(H,13,14). The van der Waals surface area contributed by atoms with E-state index in [1.54, 1.807) is 0 Å². The van der Waals surface area contributed by atoms with E-state index in [0.29, 0.717) is 12.5 Å². The molecule has 0 heterocycles. The summed E-state index contributed by atoms with van der Waals surface area (Å²) in [7, 11) is 0. The maximum absolute atomic E-state index is 10.4. The highest BCUT2D eigenvalue weighted by Crippen LogP contribution is 2.13. The number of hydrogen-bond acceptors (Lipinski definition) is 2. The van der Waals surface area contributed by atoms with Crippen LogP contribution in [0.15, 0.2) is 0 Å². The van der Waals surface area contributed by atoms with Crippen molar-refractivity contribution in [3.05, 3.63) is 0 Å². The lowest BCUT2D eigenvalue weighted by atomic mass is 10.0. The molecular formula is C11H21ClO3. The van der Waals surface area contributed by atoms with E-state index in [1.165, 1.54) is 12.8 Å². The molecule has 0 spiro atoms. The summed E-state index contributed by atoms with van der Waals surface area (Å²) >= 11 is 5.52. The summed E-state index contributed by atoms with van der Waals surface area (Å²) in [5.74, 6) is -0.485. The average molecular weight is 237 g/mol. The minimum absolute atomic E-state index is 0.0967. The maximum atomic E-state index is 10.4. The van der Waals surface area contributed by atoms with Crippen LogP contribution in [0.1, 0.15) is 39.5 Å². The summed E-state index contributed by atoms with van der Waals surface area (Å²) in [5.41, 5.74) is 0. The monoisotopic (exact) mass is 236 g/mol. The molecule has 0 bridgehead atoms. The van der Waals surface area contributed by atoms with E-state index in [1.807, 2.05) is 0 Å². The van der Waals surface area contributed by atoms with Crippen LogP contribution in [0, 0.1) is 5.92 Å². The van der Waals surface area contributed by atoms with Gasteiger partial charge in [-0.15, -0.1) is 11.6 Å². The first-order chi connectivity index (χ1) is 7.11. The van der Waals surface area contributed by atoms with E-state index < -0.39 is 11.3 Å². The fraction of sp³-hybridized carbons (Fsp3) is 0.909. The fourth-order valence-electron chi connectivity index (χ4n) is 1.31. The second-order valence-corrected chi connectivity index (χ2v) is 4.29. The van der Waals surface area contributed by atoms with E-state index in [-0.39, 0.29) is 6.61 Å². The summed E-state index contributed by atoms with van der Waals surface area (Å²) in [6.07, 6.45) is 4.60. The molecule has 0 aromatic carbocycles.